The lowest BCUT2D eigenvalue weighted by molar-refractivity contribution is -0.115. The number of benzene rings is 1. The molecule has 1 aromatic rings. The third kappa shape index (κ3) is 9.87. The molecule has 2 N–H and O–H groups in total. The number of ketones is 1. The standard InChI is InChI=1S/C20H32N2O3/c1-4-16(2)15-25-13-7-5-6-12-21-20(24)18-8-10-19(11-9-18)22-14-17(3)23/h8-11,16,22H,4-7,12-15H2,1-3H3,(H,21,24). The number of unbranched alkanes of at least 4 members (excludes halogenated alkanes) is 2. The summed E-state index contributed by atoms with van der Waals surface area (Å²) in [7, 11) is 0. The fraction of sp³-hybridized carbons (Fsp3) is 0.600. The van der Waals surface area contributed by atoms with Gasteiger partial charge in [0.15, 0.2) is 0 Å². The van der Waals surface area contributed by atoms with Crippen LogP contribution < -0.4 is 10.6 Å². The van der Waals surface area contributed by atoms with Gasteiger partial charge in [0.1, 0.15) is 5.78 Å². The second-order valence-corrected chi connectivity index (χ2v) is 6.54. The van der Waals surface area contributed by atoms with Gasteiger partial charge in [-0.3, -0.25) is 9.59 Å². The first kappa shape index (κ1) is 21.2. The van der Waals surface area contributed by atoms with Crippen LogP contribution in [0.2, 0.25) is 0 Å². The van der Waals surface area contributed by atoms with E-state index in [1.807, 2.05) is 12.1 Å². The van der Waals surface area contributed by atoms with Crippen molar-refractivity contribution in [2.75, 3.05) is 31.6 Å². The number of carbonyl (C=O) groups is 2. The molecule has 0 aliphatic heterocycles. The lowest BCUT2D eigenvalue weighted by atomic mass is 10.1. The first-order valence-electron chi connectivity index (χ1n) is 9.22. The zero-order valence-electron chi connectivity index (χ0n) is 15.8. The van der Waals surface area contributed by atoms with Gasteiger partial charge in [0.2, 0.25) is 0 Å². The van der Waals surface area contributed by atoms with Crippen molar-refractivity contribution in [3.8, 4) is 0 Å². The highest BCUT2D eigenvalue weighted by atomic mass is 16.5. The van der Waals surface area contributed by atoms with Crippen molar-refractivity contribution < 1.29 is 14.3 Å². The molecular weight excluding hydrogens is 316 g/mol. The lowest BCUT2D eigenvalue weighted by Gasteiger charge is -2.09. The van der Waals surface area contributed by atoms with Gasteiger partial charge in [0.25, 0.3) is 5.91 Å². The number of hydrogen-bond donors (Lipinski definition) is 2. The number of amides is 1. The van der Waals surface area contributed by atoms with E-state index in [0.29, 0.717) is 24.6 Å². The van der Waals surface area contributed by atoms with E-state index in [1.54, 1.807) is 12.1 Å². The highest BCUT2D eigenvalue weighted by Gasteiger charge is 2.05. The molecule has 1 atom stereocenters. The second-order valence-electron chi connectivity index (χ2n) is 6.54. The predicted octanol–water partition coefficient (Wildman–Crippen LogP) is 3.65. The third-order valence-electron chi connectivity index (χ3n) is 4.04. The largest absolute Gasteiger partial charge is 0.381 e. The van der Waals surface area contributed by atoms with E-state index < -0.39 is 0 Å². The van der Waals surface area contributed by atoms with Crippen LogP contribution in [0.3, 0.4) is 0 Å². The Labute approximate surface area is 151 Å². The van der Waals surface area contributed by atoms with Crippen molar-refractivity contribution >= 4 is 17.4 Å². The Morgan fingerprint density at radius 3 is 2.48 bits per heavy atom. The topological polar surface area (TPSA) is 67.4 Å². The number of hydrogen-bond acceptors (Lipinski definition) is 4. The van der Waals surface area contributed by atoms with Gasteiger partial charge in [0.05, 0.1) is 6.54 Å². The zero-order valence-corrected chi connectivity index (χ0v) is 15.8. The third-order valence-corrected chi connectivity index (χ3v) is 4.04. The highest BCUT2D eigenvalue weighted by molar-refractivity contribution is 5.94. The van der Waals surface area contributed by atoms with Crippen molar-refractivity contribution in [2.45, 2.75) is 46.5 Å². The van der Waals surface area contributed by atoms with Crippen LogP contribution in [0.25, 0.3) is 0 Å². The molecule has 25 heavy (non-hydrogen) atoms. The van der Waals surface area contributed by atoms with Crippen LogP contribution in [0.5, 0.6) is 0 Å². The molecule has 0 saturated heterocycles. The molecule has 5 heteroatoms. The first-order chi connectivity index (χ1) is 12.0. The fourth-order valence-electron chi connectivity index (χ4n) is 2.18. The number of nitrogens with one attached hydrogen (secondary N) is 2. The van der Waals surface area contributed by atoms with Crippen LogP contribution >= 0.6 is 0 Å². The Kier molecular flexibility index (Phi) is 10.6. The molecule has 0 fully saturated rings. The average Bonchev–Trinajstić information content (AvgIpc) is 2.62. The van der Waals surface area contributed by atoms with Gasteiger partial charge >= 0.3 is 0 Å². The quantitative estimate of drug-likeness (QED) is 0.534. The molecule has 1 rings (SSSR count). The minimum Gasteiger partial charge on any atom is -0.381 e. The van der Waals surface area contributed by atoms with Crippen molar-refractivity contribution in [3.63, 3.8) is 0 Å². The normalized spacial score (nSPS) is 11.8. The smallest absolute Gasteiger partial charge is 0.251 e. The van der Waals surface area contributed by atoms with Crippen LogP contribution in [0.4, 0.5) is 5.69 Å². The van der Waals surface area contributed by atoms with Gasteiger partial charge in [-0.1, -0.05) is 20.3 Å². The van der Waals surface area contributed by atoms with Crippen LogP contribution in [0, 0.1) is 5.92 Å². The summed E-state index contributed by atoms with van der Waals surface area (Å²) < 4.78 is 5.61. The van der Waals surface area contributed by atoms with E-state index in [4.69, 9.17) is 4.74 Å². The maximum absolute atomic E-state index is 12.1. The highest BCUT2D eigenvalue weighted by Crippen LogP contribution is 2.09. The summed E-state index contributed by atoms with van der Waals surface area (Å²) in [5, 5.41) is 5.94. The fourth-order valence-corrected chi connectivity index (χ4v) is 2.18. The molecule has 1 amide bonds. The minimum absolute atomic E-state index is 0.0638. The van der Waals surface area contributed by atoms with Gasteiger partial charge in [-0.15, -0.1) is 0 Å². The molecule has 1 aromatic carbocycles. The van der Waals surface area contributed by atoms with Gasteiger partial charge in [-0.2, -0.15) is 0 Å². The molecule has 5 nitrogen and oxygen atoms in total. The van der Waals surface area contributed by atoms with Crippen molar-refractivity contribution in [2.24, 2.45) is 5.92 Å². The Morgan fingerprint density at radius 1 is 1.12 bits per heavy atom. The zero-order chi connectivity index (χ0) is 18.5. The summed E-state index contributed by atoms with van der Waals surface area (Å²) in [6.45, 7) is 8.51. The van der Waals surface area contributed by atoms with E-state index in [0.717, 1.165) is 44.6 Å². The number of anilines is 1. The SMILES string of the molecule is CCC(C)COCCCCCNC(=O)c1ccc(NCC(C)=O)cc1. The summed E-state index contributed by atoms with van der Waals surface area (Å²) in [4.78, 5) is 23.0. The van der Waals surface area contributed by atoms with Crippen LogP contribution in [-0.2, 0) is 9.53 Å². The van der Waals surface area contributed by atoms with Crippen LogP contribution in [0.15, 0.2) is 24.3 Å². The van der Waals surface area contributed by atoms with Crippen LogP contribution in [0.1, 0.15) is 56.8 Å². The molecule has 0 aromatic heterocycles. The Bertz CT molecular complexity index is 514. The van der Waals surface area contributed by atoms with Crippen LogP contribution in [-0.4, -0.2) is 38.0 Å². The van der Waals surface area contributed by atoms with Gasteiger partial charge < -0.3 is 15.4 Å². The van der Waals surface area contributed by atoms with Crippen molar-refractivity contribution in [1.82, 2.24) is 5.32 Å². The summed E-state index contributed by atoms with van der Waals surface area (Å²) >= 11 is 0. The first-order valence-corrected chi connectivity index (χ1v) is 9.22. The molecule has 1 unspecified atom stereocenters. The van der Waals surface area contributed by atoms with E-state index in [9.17, 15) is 9.59 Å². The lowest BCUT2D eigenvalue weighted by Crippen LogP contribution is -2.24. The van der Waals surface area contributed by atoms with E-state index >= 15 is 0 Å². The van der Waals surface area contributed by atoms with E-state index in [2.05, 4.69) is 24.5 Å². The molecule has 0 aliphatic carbocycles. The number of rotatable bonds is 13. The maximum atomic E-state index is 12.1. The molecule has 0 heterocycles. The number of Topliss-reactive ketones (excluding diaryl/α,β-unsaturated/α-hetero) is 1. The monoisotopic (exact) mass is 348 g/mol. The molecule has 0 aliphatic rings. The second kappa shape index (κ2) is 12.5. The Morgan fingerprint density at radius 2 is 1.84 bits per heavy atom. The Balaban J connectivity index is 2.12. The molecule has 0 radical (unpaired) electrons. The average molecular weight is 348 g/mol. The molecule has 140 valence electrons. The summed E-state index contributed by atoms with van der Waals surface area (Å²) in [5.74, 6) is 0.640. The van der Waals surface area contributed by atoms with Crippen molar-refractivity contribution in [1.29, 1.82) is 0 Å². The predicted molar refractivity (Wildman–Crippen MR) is 102 cm³/mol. The van der Waals surface area contributed by atoms with E-state index in [1.165, 1.54) is 6.92 Å². The minimum atomic E-state index is -0.0638. The van der Waals surface area contributed by atoms with E-state index in [-0.39, 0.29) is 11.7 Å². The number of ether oxygens (including phenoxy) is 1. The maximum Gasteiger partial charge on any atom is 0.251 e. The summed E-state index contributed by atoms with van der Waals surface area (Å²) in [6.07, 6.45) is 4.19. The summed E-state index contributed by atoms with van der Waals surface area (Å²) in [6, 6.07) is 7.15. The van der Waals surface area contributed by atoms with Gasteiger partial charge in [0, 0.05) is 31.0 Å². The Hall–Kier alpha value is -1.88. The van der Waals surface area contributed by atoms with Gasteiger partial charge in [-0.25, -0.2) is 0 Å². The summed E-state index contributed by atoms with van der Waals surface area (Å²) in [5.41, 5.74) is 1.47. The van der Waals surface area contributed by atoms with Crippen molar-refractivity contribution in [3.05, 3.63) is 29.8 Å². The molecule has 0 spiro atoms. The number of carbonyl (C=O) groups excluding carboxylic acids is 2. The molecule has 0 saturated carbocycles. The molecular formula is C20H32N2O3. The molecule has 0 bridgehead atoms. The van der Waals surface area contributed by atoms with Gasteiger partial charge in [-0.05, 0) is 56.4 Å².